The summed E-state index contributed by atoms with van der Waals surface area (Å²) >= 11 is 0. The molecular weight excluding hydrogens is 466 g/mol. The van der Waals surface area contributed by atoms with Crippen molar-refractivity contribution in [3.8, 4) is 17.2 Å². The summed E-state index contributed by atoms with van der Waals surface area (Å²) in [7, 11) is 3.50. The number of hydrogen-bond acceptors (Lipinski definition) is 6. The van der Waals surface area contributed by atoms with Crippen LogP contribution in [0, 0.1) is 13.8 Å². The monoisotopic (exact) mass is 507 g/mol. The van der Waals surface area contributed by atoms with Gasteiger partial charge in [-0.1, -0.05) is 23.8 Å². The summed E-state index contributed by atoms with van der Waals surface area (Å²) in [4.78, 5) is 6.78. The Morgan fingerprint density at radius 2 is 1.78 bits per heavy atom. The van der Waals surface area contributed by atoms with Gasteiger partial charge >= 0.3 is 0 Å². The zero-order chi connectivity index (χ0) is 26.1. The smallest absolute Gasteiger partial charge is 0.161 e. The highest BCUT2D eigenvalue weighted by atomic mass is 16.5. The van der Waals surface area contributed by atoms with Crippen LogP contribution in [0.5, 0.6) is 17.2 Å². The van der Waals surface area contributed by atoms with Crippen molar-refractivity contribution < 1.29 is 18.9 Å². The maximum absolute atomic E-state index is 6.14. The molecule has 0 aliphatic carbocycles. The minimum Gasteiger partial charge on any atom is -0.493 e. The first-order chi connectivity index (χ1) is 18.0. The summed E-state index contributed by atoms with van der Waals surface area (Å²) < 4.78 is 26.0. The Morgan fingerprint density at radius 1 is 0.946 bits per heavy atom. The van der Waals surface area contributed by atoms with Crippen molar-refractivity contribution in [3.63, 3.8) is 0 Å². The van der Waals surface area contributed by atoms with E-state index in [1.54, 1.807) is 7.11 Å². The first-order valence-corrected chi connectivity index (χ1v) is 13.2. The second kappa shape index (κ2) is 13.0. The summed E-state index contributed by atoms with van der Waals surface area (Å²) in [5.41, 5.74) is 2.19. The van der Waals surface area contributed by atoms with Gasteiger partial charge in [-0.25, -0.2) is 4.98 Å². The second-order valence-corrected chi connectivity index (χ2v) is 9.97. The Kier molecular flexibility index (Phi) is 9.47. The molecule has 0 radical (unpaired) electrons. The maximum Gasteiger partial charge on any atom is 0.161 e. The summed E-state index contributed by atoms with van der Waals surface area (Å²) in [6.45, 7) is 9.04. The van der Waals surface area contributed by atoms with E-state index in [4.69, 9.17) is 18.9 Å². The number of likely N-dealkylation sites (tertiary alicyclic amines) is 1. The van der Waals surface area contributed by atoms with Gasteiger partial charge in [-0.05, 0) is 75.9 Å². The van der Waals surface area contributed by atoms with Crippen LogP contribution in [-0.2, 0) is 17.8 Å². The predicted molar refractivity (Wildman–Crippen MR) is 146 cm³/mol. The molecule has 1 saturated heterocycles. The third-order valence-electron chi connectivity index (χ3n) is 7.31. The number of aryl methyl sites for hydroxylation is 3. The summed E-state index contributed by atoms with van der Waals surface area (Å²) in [6, 6.07) is 14.5. The van der Waals surface area contributed by atoms with E-state index in [-0.39, 0.29) is 5.60 Å². The molecule has 200 valence electrons. The molecule has 3 aromatic rings. The van der Waals surface area contributed by atoms with Gasteiger partial charge in [0.1, 0.15) is 23.8 Å². The van der Waals surface area contributed by atoms with Gasteiger partial charge in [0, 0.05) is 39.1 Å². The fourth-order valence-corrected chi connectivity index (χ4v) is 4.89. The lowest BCUT2D eigenvalue weighted by molar-refractivity contribution is -0.0541. The maximum atomic E-state index is 6.14. The Morgan fingerprint density at radius 3 is 2.51 bits per heavy atom. The Bertz CT molecular complexity index is 1110. The fraction of sp³-hybridized carbons (Fsp3) is 0.500. The predicted octanol–water partition coefficient (Wildman–Crippen LogP) is 5.43. The fourth-order valence-electron chi connectivity index (χ4n) is 4.89. The molecule has 0 saturated carbocycles. The van der Waals surface area contributed by atoms with Crippen molar-refractivity contribution >= 4 is 0 Å². The van der Waals surface area contributed by atoms with Gasteiger partial charge in [0.2, 0.25) is 0 Å². The van der Waals surface area contributed by atoms with Crippen LogP contribution in [0.3, 0.4) is 0 Å². The van der Waals surface area contributed by atoms with Crippen molar-refractivity contribution in [1.82, 2.24) is 14.5 Å². The van der Waals surface area contributed by atoms with E-state index in [0.29, 0.717) is 13.2 Å². The van der Waals surface area contributed by atoms with Crippen molar-refractivity contribution in [2.45, 2.75) is 58.2 Å². The van der Waals surface area contributed by atoms with E-state index < -0.39 is 0 Å². The van der Waals surface area contributed by atoms with Crippen LogP contribution in [0.1, 0.15) is 42.6 Å². The van der Waals surface area contributed by atoms with Crippen molar-refractivity contribution in [1.29, 1.82) is 0 Å². The average Bonchev–Trinajstić information content (AvgIpc) is 3.21. The van der Waals surface area contributed by atoms with Crippen LogP contribution in [-0.4, -0.2) is 60.6 Å². The Balaban J connectivity index is 1.31. The van der Waals surface area contributed by atoms with Crippen molar-refractivity contribution in [3.05, 3.63) is 71.8 Å². The molecule has 1 aliphatic heterocycles. The molecular formula is C30H41N3O4. The lowest BCUT2D eigenvalue weighted by atomic mass is 9.95. The number of rotatable bonds is 12. The molecule has 0 bridgehead atoms. The van der Waals surface area contributed by atoms with Crippen LogP contribution in [0.2, 0.25) is 0 Å². The van der Waals surface area contributed by atoms with E-state index in [0.717, 1.165) is 74.9 Å². The quantitative estimate of drug-likeness (QED) is 0.305. The highest BCUT2D eigenvalue weighted by Crippen LogP contribution is 2.31. The number of nitrogens with zero attached hydrogens (tertiary/aromatic N) is 3. The zero-order valence-corrected chi connectivity index (χ0v) is 22.7. The second-order valence-electron chi connectivity index (χ2n) is 9.97. The van der Waals surface area contributed by atoms with Crippen LogP contribution in [0.4, 0.5) is 0 Å². The number of imidazole rings is 1. The zero-order valence-electron chi connectivity index (χ0n) is 22.7. The largest absolute Gasteiger partial charge is 0.493 e. The molecule has 7 heteroatoms. The van der Waals surface area contributed by atoms with E-state index in [2.05, 4.69) is 45.6 Å². The summed E-state index contributed by atoms with van der Waals surface area (Å²) in [5, 5.41) is 0. The third-order valence-corrected chi connectivity index (χ3v) is 7.31. The van der Waals surface area contributed by atoms with E-state index in [9.17, 15) is 0 Å². The number of benzene rings is 2. The Hall–Kier alpha value is -3.03. The normalized spacial score (nSPS) is 18.4. The van der Waals surface area contributed by atoms with Gasteiger partial charge in [-0.2, -0.15) is 0 Å². The molecule has 2 heterocycles. The van der Waals surface area contributed by atoms with Crippen LogP contribution in [0.15, 0.2) is 54.9 Å². The lowest BCUT2D eigenvalue weighted by Gasteiger charge is -2.31. The summed E-state index contributed by atoms with van der Waals surface area (Å²) in [6.07, 6.45) is 7.73. The minimum absolute atomic E-state index is 0.262. The van der Waals surface area contributed by atoms with Gasteiger partial charge in [0.15, 0.2) is 11.5 Å². The Labute approximate surface area is 221 Å². The number of methoxy groups -OCH3 is 2. The molecule has 2 aromatic carbocycles. The molecule has 37 heavy (non-hydrogen) atoms. The highest BCUT2D eigenvalue weighted by Gasteiger charge is 2.33. The lowest BCUT2D eigenvalue weighted by Crippen LogP contribution is -2.39. The van der Waals surface area contributed by atoms with Crippen LogP contribution >= 0.6 is 0 Å². The standard InChI is InChI=1S/C30H41N3O4/c1-24-7-10-27(11-8-24)37-23-30(35-4)13-5-16-32(18-14-30)22-26-9-12-28(34-3)29(21-26)36-20-6-17-33-19-15-31-25(33)2/h7-12,15,19,21H,5-6,13-14,16-18,20,22-23H2,1-4H3/t30-/m0/s1. The van der Waals surface area contributed by atoms with Gasteiger partial charge < -0.3 is 23.5 Å². The molecule has 7 nitrogen and oxygen atoms in total. The van der Waals surface area contributed by atoms with Gasteiger partial charge in [0.05, 0.1) is 13.7 Å². The van der Waals surface area contributed by atoms with E-state index >= 15 is 0 Å². The van der Waals surface area contributed by atoms with Gasteiger partial charge in [-0.3, -0.25) is 4.90 Å². The van der Waals surface area contributed by atoms with E-state index in [1.807, 2.05) is 44.6 Å². The number of aromatic nitrogens is 2. The average molecular weight is 508 g/mol. The first-order valence-electron chi connectivity index (χ1n) is 13.2. The van der Waals surface area contributed by atoms with Gasteiger partial charge in [0.25, 0.3) is 0 Å². The SMILES string of the molecule is COc1ccc(CN2CCC[C@](COc3ccc(C)cc3)(OC)CC2)cc1OCCCn1ccnc1C. The highest BCUT2D eigenvalue weighted by molar-refractivity contribution is 5.43. The topological polar surface area (TPSA) is 58.0 Å². The molecule has 4 rings (SSSR count). The van der Waals surface area contributed by atoms with Crippen molar-refractivity contribution in [2.24, 2.45) is 0 Å². The van der Waals surface area contributed by atoms with Crippen LogP contribution < -0.4 is 14.2 Å². The first kappa shape index (κ1) is 27.0. The van der Waals surface area contributed by atoms with E-state index in [1.165, 1.54) is 11.1 Å². The minimum atomic E-state index is -0.262. The molecule has 1 aliphatic rings. The summed E-state index contributed by atoms with van der Waals surface area (Å²) in [5.74, 6) is 3.49. The molecule has 0 N–H and O–H groups in total. The molecule has 0 unspecified atom stereocenters. The van der Waals surface area contributed by atoms with Crippen molar-refractivity contribution in [2.75, 3.05) is 40.5 Å². The number of hydrogen-bond donors (Lipinski definition) is 0. The molecule has 1 atom stereocenters. The molecule has 0 amide bonds. The van der Waals surface area contributed by atoms with Crippen LogP contribution in [0.25, 0.3) is 0 Å². The molecule has 0 spiro atoms. The number of ether oxygens (including phenoxy) is 4. The molecule has 1 aromatic heterocycles. The van der Waals surface area contributed by atoms with Gasteiger partial charge in [-0.15, -0.1) is 0 Å². The molecule has 1 fully saturated rings. The third kappa shape index (κ3) is 7.49.